The second-order valence-electron chi connectivity index (χ2n) is 5.20. The van der Waals surface area contributed by atoms with E-state index in [1.54, 1.807) is 0 Å². The van der Waals surface area contributed by atoms with Gasteiger partial charge in [-0.2, -0.15) is 0 Å². The molecule has 0 aliphatic heterocycles. The van der Waals surface area contributed by atoms with Gasteiger partial charge in [-0.05, 0) is 44.0 Å². The van der Waals surface area contributed by atoms with Crippen molar-refractivity contribution in [2.45, 2.75) is 52.5 Å². The smallest absolute Gasteiger partial charge is 0.341 e. The van der Waals surface area contributed by atoms with Crippen LogP contribution in [0, 0.1) is 19.3 Å². The SMILES string of the molecule is C#CC(CC)(CC)NC(=S)Nc1sc(C)c(CC)c1C(=O)OC. The van der Waals surface area contributed by atoms with Crippen LogP contribution in [-0.2, 0) is 11.2 Å². The number of esters is 1. The van der Waals surface area contributed by atoms with Crippen LogP contribution >= 0.6 is 23.6 Å². The molecule has 0 radical (unpaired) electrons. The molecule has 4 nitrogen and oxygen atoms in total. The average molecular weight is 353 g/mol. The van der Waals surface area contributed by atoms with E-state index < -0.39 is 5.54 Å². The third kappa shape index (κ3) is 4.24. The van der Waals surface area contributed by atoms with Gasteiger partial charge in [0.05, 0.1) is 18.2 Å². The van der Waals surface area contributed by atoms with Gasteiger partial charge in [0.2, 0.25) is 0 Å². The van der Waals surface area contributed by atoms with Crippen molar-refractivity contribution in [2.24, 2.45) is 0 Å². The van der Waals surface area contributed by atoms with Crippen LogP contribution in [-0.4, -0.2) is 23.7 Å². The number of aryl methyl sites for hydroxylation is 1. The molecule has 2 N–H and O–H groups in total. The molecule has 0 spiro atoms. The predicted molar refractivity (Wildman–Crippen MR) is 101 cm³/mol. The van der Waals surface area contributed by atoms with Gasteiger partial charge in [0.25, 0.3) is 0 Å². The summed E-state index contributed by atoms with van der Waals surface area (Å²) in [5.41, 5.74) is 1.07. The second kappa shape index (κ2) is 8.32. The van der Waals surface area contributed by atoms with E-state index in [4.69, 9.17) is 23.4 Å². The summed E-state index contributed by atoms with van der Waals surface area (Å²) in [6.45, 7) is 8.04. The van der Waals surface area contributed by atoms with Crippen LogP contribution in [0.5, 0.6) is 0 Å². The Morgan fingerprint density at radius 2 is 2.00 bits per heavy atom. The number of carbonyl (C=O) groups excluding carboxylic acids is 1. The van der Waals surface area contributed by atoms with Gasteiger partial charge < -0.3 is 15.4 Å². The van der Waals surface area contributed by atoms with Crippen molar-refractivity contribution in [3.05, 3.63) is 16.0 Å². The van der Waals surface area contributed by atoms with Crippen molar-refractivity contribution in [3.63, 3.8) is 0 Å². The number of carbonyl (C=O) groups is 1. The summed E-state index contributed by atoms with van der Waals surface area (Å²) in [5.74, 6) is 2.43. The Morgan fingerprint density at radius 1 is 1.39 bits per heavy atom. The molecule has 0 saturated carbocycles. The molecule has 1 rings (SSSR count). The molecule has 0 atom stereocenters. The molecule has 0 aliphatic carbocycles. The molecule has 23 heavy (non-hydrogen) atoms. The molecule has 0 fully saturated rings. The van der Waals surface area contributed by atoms with Gasteiger partial charge in [-0.15, -0.1) is 17.8 Å². The first kappa shape index (κ1) is 19.5. The van der Waals surface area contributed by atoms with E-state index in [9.17, 15) is 4.79 Å². The Bertz CT molecular complexity index is 625. The van der Waals surface area contributed by atoms with Crippen molar-refractivity contribution in [2.75, 3.05) is 12.4 Å². The molecule has 0 aliphatic rings. The molecule has 0 amide bonds. The highest BCUT2D eigenvalue weighted by atomic mass is 32.1. The van der Waals surface area contributed by atoms with E-state index in [0.29, 0.717) is 15.7 Å². The molecule has 1 aromatic heterocycles. The van der Waals surface area contributed by atoms with Crippen molar-refractivity contribution in [1.82, 2.24) is 5.32 Å². The van der Waals surface area contributed by atoms with Crippen LogP contribution in [0.15, 0.2) is 0 Å². The van der Waals surface area contributed by atoms with Gasteiger partial charge in [-0.1, -0.05) is 26.7 Å². The third-order valence-electron chi connectivity index (χ3n) is 4.02. The maximum Gasteiger partial charge on any atom is 0.341 e. The molecule has 0 bridgehead atoms. The largest absolute Gasteiger partial charge is 0.465 e. The van der Waals surface area contributed by atoms with Crippen LogP contribution in [0.2, 0.25) is 0 Å². The molecule has 0 aromatic carbocycles. The highest BCUT2D eigenvalue weighted by molar-refractivity contribution is 7.80. The summed E-state index contributed by atoms with van der Waals surface area (Å²) in [6, 6.07) is 0. The first-order chi connectivity index (χ1) is 10.9. The van der Waals surface area contributed by atoms with Crippen molar-refractivity contribution >= 4 is 39.6 Å². The number of rotatable bonds is 6. The fraction of sp³-hybridized carbons (Fsp3) is 0.529. The van der Waals surface area contributed by atoms with Crippen LogP contribution < -0.4 is 10.6 Å². The predicted octanol–water partition coefficient (Wildman–Crippen LogP) is 3.88. The Balaban J connectivity index is 3.08. The average Bonchev–Trinajstić information content (AvgIpc) is 2.86. The number of terminal acetylenes is 1. The van der Waals surface area contributed by atoms with Crippen LogP contribution in [0.4, 0.5) is 5.00 Å². The third-order valence-corrected chi connectivity index (χ3v) is 5.28. The Hall–Kier alpha value is -1.58. The number of hydrogen-bond donors (Lipinski definition) is 2. The summed E-state index contributed by atoms with van der Waals surface area (Å²) in [7, 11) is 1.38. The lowest BCUT2D eigenvalue weighted by Gasteiger charge is -2.28. The highest BCUT2D eigenvalue weighted by Gasteiger charge is 2.26. The Kier molecular flexibility index (Phi) is 7.04. The molecule has 1 aromatic rings. The molecule has 1 heterocycles. The van der Waals surface area contributed by atoms with Crippen LogP contribution in [0.25, 0.3) is 0 Å². The topological polar surface area (TPSA) is 50.4 Å². The molecule has 0 unspecified atom stereocenters. The zero-order valence-corrected chi connectivity index (χ0v) is 16.0. The number of ether oxygens (including phenoxy) is 1. The summed E-state index contributed by atoms with van der Waals surface area (Å²) in [4.78, 5) is 13.2. The fourth-order valence-corrected chi connectivity index (χ4v) is 3.93. The van der Waals surface area contributed by atoms with E-state index in [1.807, 2.05) is 27.7 Å². The van der Waals surface area contributed by atoms with E-state index in [2.05, 4.69) is 16.6 Å². The van der Waals surface area contributed by atoms with Crippen molar-refractivity contribution < 1.29 is 9.53 Å². The minimum absolute atomic E-state index is 0.356. The molecule has 6 heteroatoms. The first-order valence-corrected chi connectivity index (χ1v) is 8.87. The Labute approximate surface area is 148 Å². The normalized spacial score (nSPS) is 10.8. The zero-order chi connectivity index (χ0) is 17.6. The first-order valence-electron chi connectivity index (χ1n) is 7.65. The lowest BCUT2D eigenvalue weighted by atomic mass is 9.94. The highest BCUT2D eigenvalue weighted by Crippen LogP contribution is 2.34. The number of hydrogen-bond acceptors (Lipinski definition) is 4. The molecular formula is C17H24N2O2S2. The second-order valence-corrected chi connectivity index (χ2v) is 6.83. The van der Waals surface area contributed by atoms with Crippen LogP contribution in [0.3, 0.4) is 0 Å². The number of nitrogens with one attached hydrogen (secondary N) is 2. The number of anilines is 1. The van der Waals surface area contributed by atoms with E-state index in [-0.39, 0.29) is 5.97 Å². The van der Waals surface area contributed by atoms with Crippen molar-refractivity contribution in [1.29, 1.82) is 0 Å². The van der Waals surface area contributed by atoms with Gasteiger partial charge in [-0.3, -0.25) is 0 Å². The summed E-state index contributed by atoms with van der Waals surface area (Å²) in [6.07, 6.45) is 7.92. The maximum absolute atomic E-state index is 12.1. The minimum atomic E-state index is -0.477. The fourth-order valence-electron chi connectivity index (χ4n) is 2.43. The quantitative estimate of drug-likeness (QED) is 0.462. The standard InChI is InChI=1S/C17H24N2O2S2/c1-7-12-11(5)23-14(13(12)15(20)21-6)18-16(22)19-17(8-2,9-3)10-4/h2H,7,9-10H2,1,3-6H3,(H2,18,19,22). The van der Waals surface area contributed by atoms with E-state index in [0.717, 1.165) is 29.7 Å². The van der Waals surface area contributed by atoms with Gasteiger partial charge in [-0.25, -0.2) is 4.79 Å². The minimum Gasteiger partial charge on any atom is -0.465 e. The van der Waals surface area contributed by atoms with Crippen molar-refractivity contribution in [3.8, 4) is 12.3 Å². The molecule has 0 saturated heterocycles. The molecular weight excluding hydrogens is 328 g/mol. The maximum atomic E-state index is 12.1. The monoisotopic (exact) mass is 352 g/mol. The van der Waals surface area contributed by atoms with Gasteiger partial charge in [0.1, 0.15) is 5.00 Å². The summed E-state index contributed by atoms with van der Waals surface area (Å²) in [5, 5.41) is 7.43. The summed E-state index contributed by atoms with van der Waals surface area (Å²) < 4.78 is 4.91. The van der Waals surface area contributed by atoms with E-state index in [1.165, 1.54) is 18.4 Å². The summed E-state index contributed by atoms with van der Waals surface area (Å²) >= 11 is 6.89. The molecule has 126 valence electrons. The zero-order valence-electron chi connectivity index (χ0n) is 14.3. The number of methoxy groups -OCH3 is 1. The van der Waals surface area contributed by atoms with Gasteiger partial charge in [0, 0.05) is 4.88 Å². The Morgan fingerprint density at radius 3 is 2.43 bits per heavy atom. The van der Waals surface area contributed by atoms with Gasteiger partial charge in [0.15, 0.2) is 5.11 Å². The van der Waals surface area contributed by atoms with Gasteiger partial charge >= 0.3 is 5.97 Å². The lowest BCUT2D eigenvalue weighted by Crippen LogP contribution is -2.48. The lowest BCUT2D eigenvalue weighted by molar-refractivity contribution is 0.0601. The number of thiocarbonyl (C=S) groups is 1. The number of thiophene rings is 1. The van der Waals surface area contributed by atoms with Crippen LogP contribution in [0.1, 0.15) is 54.4 Å². The van der Waals surface area contributed by atoms with E-state index >= 15 is 0 Å².